The van der Waals surface area contributed by atoms with E-state index in [0.717, 1.165) is 22.3 Å². The van der Waals surface area contributed by atoms with Crippen molar-refractivity contribution in [3.8, 4) is 0 Å². The summed E-state index contributed by atoms with van der Waals surface area (Å²) in [6, 6.07) is 36.9. The van der Waals surface area contributed by atoms with Crippen molar-refractivity contribution in [2.75, 3.05) is 0 Å². The van der Waals surface area contributed by atoms with Gasteiger partial charge in [-0.15, -0.1) is 10.3 Å². The highest BCUT2D eigenvalue weighted by atomic mass is 32.3. The summed E-state index contributed by atoms with van der Waals surface area (Å²) in [6.45, 7) is 1.94. The molecule has 0 radical (unpaired) electrons. The van der Waals surface area contributed by atoms with Crippen molar-refractivity contribution in [2.45, 2.75) is 29.1 Å². The van der Waals surface area contributed by atoms with E-state index in [1.807, 2.05) is 97.9 Å². The van der Waals surface area contributed by atoms with Gasteiger partial charge in [-0.3, -0.25) is 0 Å². The fourth-order valence-corrected chi connectivity index (χ4v) is 9.38. The molecule has 0 saturated carbocycles. The summed E-state index contributed by atoms with van der Waals surface area (Å²) in [7, 11) is -6.12. The summed E-state index contributed by atoms with van der Waals surface area (Å²) in [5, 5.41) is 0. The predicted octanol–water partition coefficient (Wildman–Crippen LogP) is 7.02. The maximum atomic E-state index is 13.5. The van der Waals surface area contributed by atoms with Gasteiger partial charge in [-0.05, 0) is 35.7 Å². The number of aryl methyl sites for hydroxylation is 1. The van der Waals surface area contributed by atoms with Crippen LogP contribution in [0, 0.1) is 6.92 Å². The summed E-state index contributed by atoms with van der Waals surface area (Å²) in [5.41, 5.74) is 4.21. The topological polar surface area (TPSA) is 43.4 Å². The first kappa shape index (κ1) is 23.3. The molecule has 3 nitrogen and oxygen atoms in total. The van der Waals surface area contributed by atoms with Crippen molar-refractivity contribution in [3.05, 3.63) is 138 Å². The molecule has 0 unspecified atom stereocenters. The molecule has 0 heterocycles. The zero-order valence-corrected chi connectivity index (χ0v) is 20.3. The molecule has 170 valence electrons. The van der Waals surface area contributed by atoms with Crippen LogP contribution in [0.2, 0.25) is 0 Å². The van der Waals surface area contributed by atoms with Gasteiger partial charge in [0, 0.05) is 17.3 Å². The van der Waals surface area contributed by atoms with Gasteiger partial charge < -0.3 is 0 Å². The molecule has 0 fully saturated rings. The summed E-state index contributed by atoms with van der Waals surface area (Å²) in [6.07, 6.45) is 0. The second-order valence-electron chi connectivity index (χ2n) is 8.19. The maximum absolute atomic E-state index is 13.5. The second-order valence-corrected chi connectivity index (χ2v) is 12.9. The highest BCUT2D eigenvalue weighted by Crippen LogP contribution is 2.59. The number of rotatable bonds is 9. The Kier molecular flexibility index (Phi) is 7.33. The first-order valence-electron chi connectivity index (χ1n) is 10.9. The van der Waals surface area contributed by atoms with Crippen molar-refractivity contribution >= 4 is 20.4 Å². The fourth-order valence-electron chi connectivity index (χ4n) is 3.79. The molecule has 4 rings (SSSR count). The van der Waals surface area contributed by atoms with Gasteiger partial charge in [-0.25, -0.2) is 3.63 Å². The van der Waals surface area contributed by atoms with Crippen LogP contribution in [0.4, 0.5) is 0 Å². The SMILES string of the molecule is Cc1ccc(S(=O)(=O)OS(Cc2ccccc2)(Cc2ccccc2)Cc2ccccc2)cc1. The first-order valence-corrected chi connectivity index (χ1v) is 14.3. The maximum Gasteiger partial charge on any atom is 0.306 e. The predicted molar refractivity (Wildman–Crippen MR) is 137 cm³/mol. The van der Waals surface area contributed by atoms with Crippen LogP contribution >= 0.6 is 10.3 Å². The normalized spacial score (nSPS) is 12.4. The van der Waals surface area contributed by atoms with Crippen LogP contribution in [0.5, 0.6) is 0 Å². The molecule has 0 amide bonds. The van der Waals surface area contributed by atoms with Crippen molar-refractivity contribution in [3.63, 3.8) is 0 Å². The summed E-state index contributed by atoms with van der Waals surface area (Å²) in [5.74, 6) is 1.63. The summed E-state index contributed by atoms with van der Waals surface area (Å²) >= 11 is 0. The van der Waals surface area contributed by atoms with Gasteiger partial charge in [0.05, 0.1) is 4.90 Å². The minimum absolute atomic E-state index is 0.194. The van der Waals surface area contributed by atoms with E-state index in [1.165, 1.54) is 0 Å². The van der Waals surface area contributed by atoms with Crippen molar-refractivity contribution in [2.24, 2.45) is 0 Å². The lowest BCUT2D eigenvalue weighted by atomic mass is 10.2. The van der Waals surface area contributed by atoms with Crippen LogP contribution in [-0.2, 0) is 31.0 Å². The van der Waals surface area contributed by atoms with Crippen LogP contribution in [-0.4, -0.2) is 8.42 Å². The molecule has 4 aromatic rings. The molecule has 5 heteroatoms. The Morgan fingerprint density at radius 3 is 1.27 bits per heavy atom. The zero-order chi connectivity index (χ0) is 23.2. The fraction of sp³-hybridized carbons (Fsp3) is 0.143. The molecule has 0 aliphatic carbocycles. The Morgan fingerprint density at radius 1 is 0.545 bits per heavy atom. The quantitative estimate of drug-likeness (QED) is 0.261. The van der Waals surface area contributed by atoms with Gasteiger partial charge in [0.25, 0.3) is 0 Å². The molecule has 0 aliphatic rings. The molecular weight excluding hydrogens is 448 g/mol. The van der Waals surface area contributed by atoms with Gasteiger partial charge >= 0.3 is 10.1 Å². The van der Waals surface area contributed by atoms with Crippen LogP contribution in [0.25, 0.3) is 0 Å². The molecule has 0 N–H and O–H groups in total. The van der Waals surface area contributed by atoms with E-state index in [0.29, 0.717) is 17.3 Å². The van der Waals surface area contributed by atoms with Crippen LogP contribution in [0.1, 0.15) is 22.3 Å². The Balaban J connectivity index is 1.80. The summed E-state index contributed by atoms with van der Waals surface area (Å²) in [4.78, 5) is 0.194. The molecule has 0 spiro atoms. The third-order valence-corrected chi connectivity index (χ3v) is 10.7. The lowest BCUT2D eigenvalue weighted by Crippen LogP contribution is -2.18. The molecule has 0 saturated heterocycles. The van der Waals surface area contributed by atoms with Gasteiger partial charge in [0.2, 0.25) is 0 Å². The van der Waals surface area contributed by atoms with Gasteiger partial charge in [-0.2, -0.15) is 8.42 Å². The average Bonchev–Trinajstić information content (AvgIpc) is 2.81. The highest BCUT2D eigenvalue weighted by molar-refractivity contribution is 8.31. The van der Waals surface area contributed by atoms with Crippen molar-refractivity contribution in [1.29, 1.82) is 0 Å². The van der Waals surface area contributed by atoms with Crippen LogP contribution < -0.4 is 0 Å². The van der Waals surface area contributed by atoms with Gasteiger partial charge in [-0.1, -0.05) is 109 Å². The Bertz CT molecular complexity index is 1150. The standard InChI is InChI=1S/C28H28O3S2/c1-24-17-19-28(20-18-24)33(29,30)31-32(21-25-11-5-2-6-12-25,22-26-13-7-3-8-14-26)23-27-15-9-4-10-16-27/h2-20H,21-23H2,1H3. The van der Waals surface area contributed by atoms with Crippen LogP contribution in [0.15, 0.2) is 120 Å². The minimum atomic E-state index is -3.96. The number of benzene rings is 4. The van der Waals surface area contributed by atoms with Gasteiger partial charge in [0.15, 0.2) is 0 Å². The van der Waals surface area contributed by atoms with E-state index in [2.05, 4.69) is 0 Å². The Labute approximate surface area is 198 Å². The zero-order valence-electron chi connectivity index (χ0n) is 18.6. The summed E-state index contributed by atoms with van der Waals surface area (Å²) < 4.78 is 33.4. The molecule has 4 aromatic carbocycles. The van der Waals surface area contributed by atoms with E-state index < -0.39 is 20.4 Å². The number of hydrogen-bond donors (Lipinski definition) is 0. The first-order chi connectivity index (χ1) is 15.9. The third kappa shape index (κ3) is 6.35. The lowest BCUT2D eigenvalue weighted by Gasteiger charge is -2.39. The van der Waals surface area contributed by atoms with Crippen molar-refractivity contribution in [1.82, 2.24) is 0 Å². The van der Waals surface area contributed by atoms with E-state index in [1.54, 1.807) is 24.3 Å². The van der Waals surface area contributed by atoms with Crippen LogP contribution in [0.3, 0.4) is 0 Å². The monoisotopic (exact) mass is 476 g/mol. The average molecular weight is 477 g/mol. The molecule has 0 atom stereocenters. The second kappa shape index (κ2) is 10.4. The molecular formula is C28H28O3S2. The number of hydrogen-bond acceptors (Lipinski definition) is 3. The molecule has 0 aromatic heterocycles. The third-order valence-electron chi connectivity index (χ3n) is 5.36. The van der Waals surface area contributed by atoms with E-state index in [4.69, 9.17) is 3.63 Å². The largest absolute Gasteiger partial charge is 0.306 e. The van der Waals surface area contributed by atoms with E-state index >= 15 is 0 Å². The molecule has 0 bridgehead atoms. The van der Waals surface area contributed by atoms with E-state index in [9.17, 15) is 8.42 Å². The molecule has 0 aliphatic heterocycles. The van der Waals surface area contributed by atoms with Crippen molar-refractivity contribution < 1.29 is 12.0 Å². The van der Waals surface area contributed by atoms with E-state index in [-0.39, 0.29) is 4.90 Å². The Morgan fingerprint density at radius 2 is 0.909 bits per heavy atom. The Hall–Kier alpha value is -2.86. The molecule has 33 heavy (non-hydrogen) atoms. The highest BCUT2D eigenvalue weighted by Gasteiger charge is 2.33. The smallest absolute Gasteiger partial charge is 0.215 e. The van der Waals surface area contributed by atoms with Gasteiger partial charge in [0.1, 0.15) is 0 Å². The lowest BCUT2D eigenvalue weighted by molar-refractivity contribution is 0.507. The minimum Gasteiger partial charge on any atom is -0.215 e.